The lowest BCUT2D eigenvalue weighted by molar-refractivity contribution is -0.147. The van der Waals surface area contributed by atoms with Gasteiger partial charge < -0.3 is 20.5 Å². The molecule has 142 valence electrons. The van der Waals surface area contributed by atoms with Crippen molar-refractivity contribution in [2.24, 2.45) is 0 Å². The number of carbonyl (C=O) groups is 3. The molecule has 2 aromatic rings. The van der Waals surface area contributed by atoms with Crippen LogP contribution in [-0.4, -0.2) is 36.0 Å². The van der Waals surface area contributed by atoms with Gasteiger partial charge in [-0.2, -0.15) is 0 Å². The molecule has 0 bridgehead atoms. The van der Waals surface area contributed by atoms with Crippen LogP contribution in [0.4, 0.5) is 5.69 Å². The third-order valence-corrected chi connectivity index (χ3v) is 3.72. The zero-order chi connectivity index (χ0) is 19.6. The summed E-state index contributed by atoms with van der Waals surface area (Å²) in [6.45, 7) is -0.104. The van der Waals surface area contributed by atoms with Crippen molar-refractivity contribution in [2.75, 3.05) is 18.5 Å². The molecule has 27 heavy (non-hydrogen) atoms. The second kappa shape index (κ2) is 10.2. The quantitative estimate of drug-likeness (QED) is 0.365. The standard InChI is InChI=1S/C19H19ClN2O5/c20-14-5-3-13(4-6-14)19(26)21-11-1-2-18(25)27-12-17(24)22-15-7-9-16(23)10-8-15/h3-10,23H,1-2,11-12H2,(H,21,26)(H,22,24). The van der Waals surface area contributed by atoms with Gasteiger partial charge >= 0.3 is 5.97 Å². The van der Waals surface area contributed by atoms with E-state index in [1.54, 1.807) is 24.3 Å². The molecule has 0 saturated heterocycles. The SMILES string of the molecule is O=C(COC(=O)CCCNC(=O)c1ccc(Cl)cc1)Nc1ccc(O)cc1. The Labute approximate surface area is 161 Å². The summed E-state index contributed by atoms with van der Waals surface area (Å²) in [6.07, 6.45) is 0.463. The van der Waals surface area contributed by atoms with Gasteiger partial charge in [0.25, 0.3) is 11.8 Å². The van der Waals surface area contributed by atoms with E-state index in [0.717, 1.165) is 0 Å². The molecular weight excluding hydrogens is 372 g/mol. The van der Waals surface area contributed by atoms with Crippen LogP contribution in [0.15, 0.2) is 48.5 Å². The maximum atomic E-state index is 11.9. The van der Waals surface area contributed by atoms with Gasteiger partial charge in [-0.3, -0.25) is 14.4 Å². The van der Waals surface area contributed by atoms with E-state index >= 15 is 0 Å². The number of phenols is 1. The molecule has 7 nitrogen and oxygen atoms in total. The first-order valence-electron chi connectivity index (χ1n) is 8.22. The van der Waals surface area contributed by atoms with Crippen LogP contribution >= 0.6 is 11.6 Å². The number of carbonyl (C=O) groups excluding carboxylic acids is 3. The Morgan fingerprint density at radius 2 is 1.67 bits per heavy atom. The second-order valence-corrected chi connectivity index (χ2v) is 6.06. The minimum absolute atomic E-state index is 0.0768. The predicted octanol–water partition coefficient (Wildman–Crippen LogP) is 2.74. The molecule has 0 saturated carbocycles. The Morgan fingerprint density at radius 3 is 2.33 bits per heavy atom. The van der Waals surface area contributed by atoms with Gasteiger partial charge in [0.05, 0.1) is 0 Å². The number of amides is 2. The molecule has 0 radical (unpaired) electrons. The van der Waals surface area contributed by atoms with E-state index in [2.05, 4.69) is 10.6 Å². The molecule has 0 atom stereocenters. The van der Waals surface area contributed by atoms with Crippen molar-refractivity contribution < 1.29 is 24.2 Å². The Morgan fingerprint density at radius 1 is 1.00 bits per heavy atom. The van der Waals surface area contributed by atoms with Crippen molar-refractivity contribution in [3.05, 3.63) is 59.1 Å². The van der Waals surface area contributed by atoms with E-state index in [-0.39, 0.29) is 18.1 Å². The number of anilines is 1. The maximum Gasteiger partial charge on any atom is 0.306 e. The molecule has 0 spiro atoms. The number of aromatic hydroxyl groups is 1. The lowest BCUT2D eigenvalue weighted by Crippen LogP contribution is -2.25. The van der Waals surface area contributed by atoms with Crippen LogP contribution in [0.5, 0.6) is 5.75 Å². The summed E-state index contributed by atoms with van der Waals surface area (Å²) in [5, 5.41) is 14.9. The Hall–Kier alpha value is -3.06. The van der Waals surface area contributed by atoms with Gasteiger partial charge in [-0.05, 0) is 55.0 Å². The first-order chi connectivity index (χ1) is 12.9. The summed E-state index contributed by atoms with van der Waals surface area (Å²) in [6, 6.07) is 12.4. The first kappa shape index (κ1) is 20.3. The van der Waals surface area contributed by atoms with Crippen molar-refractivity contribution in [3.63, 3.8) is 0 Å². The summed E-state index contributed by atoms with van der Waals surface area (Å²) in [4.78, 5) is 35.2. The topological polar surface area (TPSA) is 105 Å². The third-order valence-electron chi connectivity index (χ3n) is 3.46. The molecule has 2 amide bonds. The van der Waals surface area contributed by atoms with Crippen LogP contribution in [-0.2, 0) is 14.3 Å². The van der Waals surface area contributed by atoms with Crippen LogP contribution in [0, 0.1) is 0 Å². The summed E-state index contributed by atoms with van der Waals surface area (Å²) < 4.78 is 4.88. The van der Waals surface area contributed by atoms with E-state index in [1.807, 2.05) is 0 Å². The number of hydrogen-bond donors (Lipinski definition) is 3. The van der Waals surface area contributed by atoms with E-state index in [0.29, 0.717) is 29.2 Å². The molecule has 2 aromatic carbocycles. The molecule has 0 aliphatic carbocycles. The zero-order valence-corrected chi connectivity index (χ0v) is 15.2. The number of esters is 1. The van der Waals surface area contributed by atoms with E-state index in [9.17, 15) is 14.4 Å². The smallest absolute Gasteiger partial charge is 0.306 e. The summed E-state index contributed by atoms with van der Waals surface area (Å²) in [7, 11) is 0. The lowest BCUT2D eigenvalue weighted by atomic mass is 10.2. The fourth-order valence-corrected chi connectivity index (χ4v) is 2.22. The Bertz CT molecular complexity index is 791. The highest BCUT2D eigenvalue weighted by molar-refractivity contribution is 6.30. The van der Waals surface area contributed by atoms with Crippen molar-refractivity contribution in [1.82, 2.24) is 5.32 Å². The highest BCUT2D eigenvalue weighted by Gasteiger charge is 2.09. The Kier molecular flexibility index (Phi) is 7.63. The average molecular weight is 391 g/mol. The van der Waals surface area contributed by atoms with Crippen LogP contribution < -0.4 is 10.6 Å². The average Bonchev–Trinajstić information content (AvgIpc) is 2.66. The van der Waals surface area contributed by atoms with Gasteiger partial charge in [0.1, 0.15) is 5.75 Å². The number of phenolic OH excluding ortho intramolecular Hbond substituents is 1. The summed E-state index contributed by atoms with van der Waals surface area (Å²) >= 11 is 5.76. The van der Waals surface area contributed by atoms with Gasteiger partial charge in [-0.25, -0.2) is 0 Å². The predicted molar refractivity (Wildman–Crippen MR) is 101 cm³/mol. The molecule has 0 aliphatic heterocycles. The molecule has 0 fully saturated rings. The van der Waals surface area contributed by atoms with Crippen LogP contribution in [0.25, 0.3) is 0 Å². The molecule has 0 heterocycles. The largest absolute Gasteiger partial charge is 0.508 e. The summed E-state index contributed by atoms with van der Waals surface area (Å²) in [5.41, 5.74) is 0.964. The minimum Gasteiger partial charge on any atom is -0.508 e. The number of hydrogen-bond acceptors (Lipinski definition) is 5. The van der Waals surface area contributed by atoms with E-state index < -0.39 is 18.5 Å². The van der Waals surface area contributed by atoms with Crippen LogP contribution in [0.3, 0.4) is 0 Å². The lowest BCUT2D eigenvalue weighted by Gasteiger charge is -2.07. The van der Waals surface area contributed by atoms with Crippen molar-refractivity contribution >= 4 is 35.1 Å². The molecule has 0 aliphatic rings. The number of halogens is 1. The zero-order valence-electron chi connectivity index (χ0n) is 14.4. The fourth-order valence-electron chi connectivity index (χ4n) is 2.10. The fraction of sp³-hybridized carbons (Fsp3) is 0.211. The summed E-state index contributed by atoms with van der Waals surface area (Å²) in [5.74, 6) is -1.18. The van der Waals surface area contributed by atoms with Gasteiger partial charge in [0, 0.05) is 29.2 Å². The highest BCUT2D eigenvalue weighted by atomic mass is 35.5. The van der Waals surface area contributed by atoms with Crippen LogP contribution in [0.1, 0.15) is 23.2 Å². The maximum absolute atomic E-state index is 11.9. The first-order valence-corrected chi connectivity index (χ1v) is 8.60. The highest BCUT2D eigenvalue weighted by Crippen LogP contribution is 2.13. The normalized spacial score (nSPS) is 10.1. The number of ether oxygens (including phenoxy) is 1. The second-order valence-electron chi connectivity index (χ2n) is 5.62. The molecular formula is C19H19ClN2O5. The van der Waals surface area contributed by atoms with E-state index in [4.69, 9.17) is 21.4 Å². The molecule has 3 N–H and O–H groups in total. The third kappa shape index (κ3) is 7.37. The Balaban J connectivity index is 1.60. The molecule has 2 rings (SSSR count). The molecule has 0 unspecified atom stereocenters. The number of benzene rings is 2. The number of nitrogens with one attached hydrogen (secondary N) is 2. The number of rotatable bonds is 8. The van der Waals surface area contributed by atoms with Crippen LogP contribution in [0.2, 0.25) is 5.02 Å². The van der Waals surface area contributed by atoms with E-state index in [1.165, 1.54) is 24.3 Å². The van der Waals surface area contributed by atoms with Crippen molar-refractivity contribution in [2.45, 2.75) is 12.8 Å². The van der Waals surface area contributed by atoms with Gasteiger partial charge in [-0.1, -0.05) is 11.6 Å². The van der Waals surface area contributed by atoms with Gasteiger partial charge in [-0.15, -0.1) is 0 Å². The van der Waals surface area contributed by atoms with Gasteiger partial charge in [0.15, 0.2) is 6.61 Å². The molecule has 8 heteroatoms. The van der Waals surface area contributed by atoms with Gasteiger partial charge in [0.2, 0.25) is 0 Å². The molecule has 0 aromatic heterocycles. The van der Waals surface area contributed by atoms with Crippen molar-refractivity contribution in [1.29, 1.82) is 0 Å². The monoisotopic (exact) mass is 390 g/mol. The van der Waals surface area contributed by atoms with Crippen molar-refractivity contribution in [3.8, 4) is 5.75 Å². The minimum atomic E-state index is -0.531.